The molecule has 0 amide bonds. The van der Waals surface area contributed by atoms with Crippen molar-refractivity contribution >= 4 is 0 Å². The third kappa shape index (κ3) is 4.77. The summed E-state index contributed by atoms with van der Waals surface area (Å²) >= 11 is 0. The molecule has 0 saturated heterocycles. The summed E-state index contributed by atoms with van der Waals surface area (Å²) in [5.41, 5.74) is 2.16. The number of benzene rings is 1. The van der Waals surface area contributed by atoms with Crippen LogP contribution in [0.25, 0.3) is 0 Å². The second-order valence-electron chi connectivity index (χ2n) is 6.54. The molecule has 3 heteroatoms. The van der Waals surface area contributed by atoms with E-state index in [2.05, 4.69) is 24.9 Å². The molecule has 0 aliphatic heterocycles. The van der Waals surface area contributed by atoms with Gasteiger partial charge in [-0.25, -0.2) is 0 Å². The number of ether oxygens (including phenoxy) is 2. The van der Waals surface area contributed by atoms with E-state index in [0.717, 1.165) is 35.1 Å². The summed E-state index contributed by atoms with van der Waals surface area (Å²) in [7, 11) is 1.68. The fraction of sp³-hybridized carbons (Fsp3) is 0.579. The zero-order valence-corrected chi connectivity index (χ0v) is 14.2. The quantitative estimate of drug-likeness (QED) is 0.761. The van der Waals surface area contributed by atoms with Gasteiger partial charge in [-0.15, -0.1) is 0 Å². The summed E-state index contributed by atoms with van der Waals surface area (Å²) in [6, 6.07) is 6.69. The standard InChI is InChI=1S/C19H29NO2/c1-14(2)13-22-19-16(8-6-10-18(19)21-4)12-20-17-9-5-7-15(3)11-17/h6,8,10,15,17,20H,1,5,7,9,11-13H2,2-4H3. The van der Waals surface area contributed by atoms with E-state index in [9.17, 15) is 0 Å². The highest BCUT2D eigenvalue weighted by Gasteiger charge is 2.19. The van der Waals surface area contributed by atoms with E-state index in [1.807, 2.05) is 19.1 Å². The molecule has 3 nitrogen and oxygen atoms in total. The predicted octanol–water partition coefficient (Wildman–Crippen LogP) is 4.32. The molecule has 1 aromatic carbocycles. The van der Waals surface area contributed by atoms with Crippen molar-refractivity contribution in [2.75, 3.05) is 13.7 Å². The Morgan fingerprint density at radius 3 is 2.86 bits per heavy atom. The molecule has 1 fully saturated rings. The summed E-state index contributed by atoms with van der Waals surface area (Å²) in [5.74, 6) is 2.46. The Morgan fingerprint density at radius 2 is 2.18 bits per heavy atom. The second-order valence-corrected chi connectivity index (χ2v) is 6.54. The molecule has 2 unspecified atom stereocenters. The molecular weight excluding hydrogens is 274 g/mol. The van der Waals surface area contributed by atoms with Crippen LogP contribution < -0.4 is 14.8 Å². The van der Waals surface area contributed by atoms with Crippen LogP contribution in [0.4, 0.5) is 0 Å². The van der Waals surface area contributed by atoms with Crippen LogP contribution in [0.2, 0.25) is 0 Å². The number of hydrogen-bond donors (Lipinski definition) is 1. The molecule has 2 rings (SSSR count). The highest BCUT2D eigenvalue weighted by atomic mass is 16.5. The lowest BCUT2D eigenvalue weighted by Gasteiger charge is -2.28. The molecule has 1 aliphatic carbocycles. The first-order chi connectivity index (χ1) is 10.6. The van der Waals surface area contributed by atoms with Gasteiger partial charge in [-0.2, -0.15) is 0 Å². The van der Waals surface area contributed by atoms with Gasteiger partial charge in [0, 0.05) is 18.2 Å². The molecule has 2 atom stereocenters. The maximum absolute atomic E-state index is 5.92. The maximum atomic E-state index is 5.92. The summed E-state index contributed by atoms with van der Waals surface area (Å²) in [6.07, 6.45) is 5.24. The van der Waals surface area contributed by atoms with Crippen molar-refractivity contribution in [1.82, 2.24) is 5.32 Å². The Bertz CT molecular complexity index is 498. The van der Waals surface area contributed by atoms with Gasteiger partial charge in [0.25, 0.3) is 0 Å². The zero-order valence-electron chi connectivity index (χ0n) is 14.2. The number of hydrogen-bond acceptors (Lipinski definition) is 3. The summed E-state index contributed by atoms with van der Waals surface area (Å²) in [5, 5.41) is 3.69. The van der Waals surface area contributed by atoms with Gasteiger partial charge in [0.05, 0.1) is 7.11 Å². The topological polar surface area (TPSA) is 30.5 Å². The van der Waals surface area contributed by atoms with E-state index in [1.165, 1.54) is 25.7 Å². The van der Waals surface area contributed by atoms with E-state index in [0.29, 0.717) is 12.6 Å². The Balaban J connectivity index is 2.03. The SMILES string of the molecule is C=C(C)COc1c(CNC2CCCC(C)C2)cccc1OC. The van der Waals surface area contributed by atoms with E-state index in [1.54, 1.807) is 7.11 Å². The monoisotopic (exact) mass is 303 g/mol. The number of methoxy groups -OCH3 is 1. The molecule has 1 aromatic rings. The largest absolute Gasteiger partial charge is 0.493 e. The van der Waals surface area contributed by atoms with Gasteiger partial charge in [-0.3, -0.25) is 0 Å². The smallest absolute Gasteiger partial charge is 0.166 e. The number of para-hydroxylation sites is 1. The molecule has 1 aliphatic rings. The Hall–Kier alpha value is -1.48. The van der Waals surface area contributed by atoms with Gasteiger partial charge in [0.15, 0.2) is 11.5 Å². The first-order valence-corrected chi connectivity index (χ1v) is 8.26. The van der Waals surface area contributed by atoms with Crippen molar-refractivity contribution in [3.8, 4) is 11.5 Å². The molecule has 0 bridgehead atoms. The average molecular weight is 303 g/mol. The number of rotatable bonds is 7. The summed E-state index contributed by atoms with van der Waals surface area (Å²) < 4.78 is 11.4. The van der Waals surface area contributed by atoms with Gasteiger partial charge < -0.3 is 14.8 Å². The number of nitrogens with one attached hydrogen (secondary N) is 1. The lowest BCUT2D eigenvalue weighted by atomic mass is 9.87. The van der Waals surface area contributed by atoms with Crippen LogP contribution in [0, 0.1) is 5.92 Å². The maximum Gasteiger partial charge on any atom is 0.166 e. The summed E-state index contributed by atoms with van der Waals surface area (Å²) in [4.78, 5) is 0. The fourth-order valence-electron chi connectivity index (χ4n) is 3.09. The molecule has 22 heavy (non-hydrogen) atoms. The van der Waals surface area contributed by atoms with E-state index in [-0.39, 0.29) is 0 Å². The van der Waals surface area contributed by atoms with Gasteiger partial charge in [0.1, 0.15) is 6.61 Å². The van der Waals surface area contributed by atoms with Crippen molar-refractivity contribution in [2.45, 2.75) is 52.1 Å². The van der Waals surface area contributed by atoms with E-state index < -0.39 is 0 Å². The minimum atomic E-state index is 0.522. The van der Waals surface area contributed by atoms with Gasteiger partial charge in [-0.05, 0) is 37.3 Å². The molecule has 122 valence electrons. The molecule has 1 N–H and O–H groups in total. The second kappa shape index (κ2) is 8.23. The van der Waals surface area contributed by atoms with Crippen LogP contribution in [0.15, 0.2) is 30.4 Å². The Morgan fingerprint density at radius 1 is 1.36 bits per heavy atom. The van der Waals surface area contributed by atoms with Crippen LogP contribution in [-0.4, -0.2) is 19.8 Å². The van der Waals surface area contributed by atoms with Gasteiger partial charge in [0.2, 0.25) is 0 Å². The highest BCUT2D eigenvalue weighted by Crippen LogP contribution is 2.32. The van der Waals surface area contributed by atoms with E-state index >= 15 is 0 Å². The molecule has 1 saturated carbocycles. The molecule has 0 heterocycles. The highest BCUT2D eigenvalue weighted by molar-refractivity contribution is 5.46. The molecule has 0 radical (unpaired) electrons. The van der Waals surface area contributed by atoms with Crippen molar-refractivity contribution < 1.29 is 9.47 Å². The van der Waals surface area contributed by atoms with Crippen LogP contribution in [0.3, 0.4) is 0 Å². The van der Waals surface area contributed by atoms with E-state index in [4.69, 9.17) is 9.47 Å². The normalized spacial score (nSPS) is 21.4. The van der Waals surface area contributed by atoms with Crippen molar-refractivity contribution in [2.24, 2.45) is 5.92 Å². The average Bonchev–Trinajstić information content (AvgIpc) is 2.51. The van der Waals surface area contributed by atoms with Crippen LogP contribution in [0.5, 0.6) is 11.5 Å². The van der Waals surface area contributed by atoms with Gasteiger partial charge >= 0.3 is 0 Å². The molecule has 0 spiro atoms. The van der Waals surface area contributed by atoms with Crippen LogP contribution >= 0.6 is 0 Å². The van der Waals surface area contributed by atoms with Crippen molar-refractivity contribution in [1.29, 1.82) is 0 Å². The van der Waals surface area contributed by atoms with Gasteiger partial charge in [-0.1, -0.05) is 38.5 Å². The fourth-order valence-corrected chi connectivity index (χ4v) is 3.09. The predicted molar refractivity (Wildman–Crippen MR) is 91.6 cm³/mol. The molecule has 0 aromatic heterocycles. The lowest BCUT2D eigenvalue weighted by molar-refractivity contribution is 0.293. The first-order valence-electron chi connectivity index (χ1n) is 8.26. The third-order valence-electron chi connectivity index (χ3n) is 4.26. The van der Waals surface area contributed by atoms with Crippen molar-refractivity contribution in [3.63, 3.8) is 0 Å². The lowest BCUT2D eigenvalue weighted by Crippen LogP contribution is -2.33. The van der Waals surface area contributed by atoms with Crippen LogP contribution in [0.1, 0.15) is 45.1 Å². The molecular formula is C19H29NO2. The van der Waals surface area contributed by atoms with Crippen molar-refractivity contribution in [3.05, 3.63) is 35.9 Å². The van der Waals surface area contributed by atoms with Crippen LogP contribution in [-0.2, 0) is 6.54 Å². The minimum Gasteiger partial charge on any atom is -0.493 e. The zero-order chi connectivity index (χ0) is 15.9. The summed E-state index contributed by atoms with van der Waals surface area (Å²) in [6.45, 7) is 9.56. The minimum absolute atomic E-state index is 0.522. The first kappa shape index (κ1) is 16.9. The third-order valence-corrected chi connectivity index (χ3v) is 4.26. The Labute approximate surface area is 134 Å². The Kier molecular flexibility index (Phi) is 6.32.